The second-order valence-electron chi connectivity index (χ2n) is 8.23. The van der Waals surface area contributed by atoms with Gasteiger partial charge in [0.05, 0.1) is 30.8 Å². The van der Waals surface area contributed by atoms with Crippen molar-refractivity contribution in [2.45, 2.75) is 58.3 Å². The van der Waals surface area contributed by atoms with Gasteiger partial charge in [-0.25, -0.2) is 14.5 Å². The van der Waals surface area contributed by atoms with Crippen molar-refractivity contribution in [2.24, 2.45) is 16.1 Å². The maximum Gasteiger partial charge on any atom is 0.323 e. The minimum absolute atomic E-state index is 0.190. The summed E-state index contributed by atoms with van der Waals surface area (Å²) in [6, 6.07) is -0.876. The van der Waals surface area contributed by atoms with Gasteiger partial charge in [0.15, 0.2) is 12.4 Å². The van der Waals surface area contributed by atoms with E-state index in [9.17, 15) is 14.5 Å². The van der Waals surface area contributed by atoms with Gasteiger partial charge in [0.1, 0.15) is 17.7 Å². The number of ether oxygens (including phenoxy) is 2. The van der Waals surface area contributed by atoms with Gasteiger partial charge in [0.25, 0.3) is 7.52 Å². The molecule has 31 heavy (non-hydrogen) atoms. The average Bonchev–Trinajstić information content (AvgIpc) is 2.91. The summed E-state index contributed by atoms with van der Waals surface area (Å²) < 4.78 is 44.5. The van der Waals surface area contributed by atoms with Crippen LogP contribution >= 0.6 is 7.52 Å². The molecular weight excluding hydrogens is 430 g/mol. The molecule has 2 unspecified atom stereocenters. The Balaban J connectivity index is 2.06. The molecule has 0 bridgehead atoms. The SMILES string of the molecule is C=C1N=C(N)C=CN1[C@H]1O[C@H](COP(C)(=O)N[C@@H](C)C(=O)OC(C)C)C(C)(CO)[C@H]1F. The van der Waals surface area contributed by atoms with Gasteiger partial charge >= 0.3 is 5.97 Å². The smallest absolute Gasteiger partial charge is 0.323 e. The molecule has 2 aliphatic rings. The molecule has 0 spiro atoms. The molecule has 0 aromatic rings. The molecule has 6 atom stereocenters. The minimum Gasteiger partial charge on any atom is -0.462 e. The van der Waals surface area contributed by atoms with Crippen LogP contribution in [0.1, 0.15) is 27.7 Å². The second-order valence-corrected chi connectivity index (χ2v) is 10.4. The first kappa shape index (κ1) is 25.5. The summed E-state index contributed by atoms with van der Waals surface area (Å²) in [5.41, 5.74) is 4.28. The number of nitrogens with zero attached hydrogens (tertiary/aromatic N) is 2. The van der Waals surface area contributed by atoms with Crippen molar-refractivity contribution in [3.63, 3.8) is 0 Å². The van der Waals surface area contributed by atoms with Crippen molar-refractivity contribution in [3.05, 3.63) is 24.7 Å². The largest absolute Gasteiger partial charge is 0.462 e. The predicted octanol–water partition coefficient (Wildman–Crippen LogP) is 1.47. The lowest BCUT2D eigenvalue weighted by Gasteiger charge is -2.31. The van der Waals surface area contributed by atoms with Gasteiger partial charge in [0.2, 0.25) is 0 Å². The van der Waals surface area contributed by atoms with Crippen LogP contribution in [0.3, 0.4) is 0 Å². The standard InChI is InChI=1S/C19H32FN4O6P/c1-11(2)29-18(26)12(3)23-31(6,27)28-9-14-19(5,10-25)16(20)17(30-14)24-8-7-15(21)22-13(24)4/h7-8,11-12,14,16-17,25H,4,9-10H2,1-3,5-6H3,(H2,21,22)(H,23,27)/t12-,14+,16-,17-,19?,31?/m0/s1. The Bertz CT molecular complexity index is 806. The zero-order valence-electron chi connectivity index (χ0n) is 18.4. The lowest BCUT2D eigenvalue weighted by atomic mass is 9.82. The van der Waals surface area contributed by atoms with Gasteiger partial charge in [-0.1, -0.05) is 13.5 Å². The van der Waals surface area contributed by atoms with Crippen molar-refractivity contribution in [1.82, 2.24) is 9.99 Å². The molecule has 0 amide bonds. The van der Waals surface area contributed by atoms with E-state index in [1.165, 1.54) is 37.7 Å². The van der Waals surface area contributed by atoms with Crippen LogP contribution in [0.2, 0.25) is 0 Å². The van der Waals surface area contributed by atoms with E-state index in [2.05, 4.69) is 16.7 Å². The maximum absolute atomic E-state index is 15.3. The number of esters is 1. The predicted molar refractivity (Wildman–Crippen MR) is 114 cm³/mol. The fraction of sp³-hybridized carbons (Fsp3) is 0.684. The Morgan fingerprint density at radius 2 is 2.19 bits per heavy atom. The van der Waals surface area contributed by atoms with Gasteiger partial charge in [-0.05, 0) is 26.8 Å². The Kier molecular flexibility index (Phi) is 8.04. The van der Waals surface area contributed by atoms with E-state index in [4.69, 9.17) is 19.7 Å². The minimum atomic E-state index is -3.48. The fourth-order valence-corrected chi connectivity index (χ4v) is 4.53. The van der Waals surface area contributed by atoms with Crippen LogP contribution in [-0.2, 0) is 23.4 Å². The molecule has 2 rings (SSSR count). The number of hydrogen-bond donors (Lipinski definition) is 3. The van der Waals surface area contributed by atoms with Crippen molar-refractivity contribution >= 4 is 19.3 Å². The Morgan fingerprint density at radius 3 is 2.74 bits per heavy atom. The summed E-state index contributed by atoms with van der Waals surface area (Å²) in [6.07, 6.45) is -1.04. The van der Waals surface area contributed by atoms with E-state index >= 15 is 4.39 Å². The number of nitrogens with two attached hydrogens (primary N) is 1. The summed E-state index contributed by atoms with van der Waals surface area (Å²) in [5, 5.41) is 12.5. The first-order chi connectivity index (χ1) is 14.3. The molecule has 1 saturated heterocycles. The zero-order valence-corrected chi connectivity index (χ0v) is 19.3. The van der Waals surface area contributed by atoms with Gasteiger partial charge in [-0.2, -0.15) is 0 Å². The molecule has 10 nitrogen and oxygen atoms in total. The van der Waals surface area contributed by atoms with E-state index in [0.717, 1.165) is 0 Å². The monoisotopic (exact) mass is 462 g/mol. The van der Waals surface area contributed by atoms with Crippen molar-refractivity contribution < 1.29 is 32.9 Å². The summed E-state index contributed by atoms with van der Waals surface area (Å²) >= 11 is 0. The molecule has 0 aromatic heterocycles. The molecule has 2 heterocycles. The summed E-state index contributed by atoms with van der Waals surface area (Å²) in [4.78, 5) is 17.3. The number of carbonyl (C=O) groups is 1. The molecule has 0 saturated carbocycles. The van der Waals surface area contributed by atoms with E-state index in [1.54, 1.807) is 13.8 Å². The number of aliphatic imine (C=N–C) groups is 1. The number of alkyl halides is 1. The van der Waals surface area contributed by atoms with Crippen LogP contribution in [0.4, 0.5) is 4.39 Å². The first-order valence-electron chi connectivity index (χ1n) is 9.91. The number of aliphatic hydroxyl groups is 1. The van der Waals surface area contributed by atoms with Gasteiger partial charge in [0, 0.05) is 12.9 Å². The third-order valence-electron chi connectivity index (χ3n) is 5.10. The molecule has 0 radical (unpaired) electrons. The Morgan fingerprint density at radius 1 is 1.55 bits per heavy atom. The Hall–Kier alpha value is -1.78. The summed E-state index contributed by atoms with van der Waals surface area (Å²) in [7, 11) is -3.48. The molecule has 176 valence electrons. The molecule has 0 aromatic carbocycles. The highest BCUT2D eigenvalue weighted by Gasteiger charge is 2.56. The second kappa shape index (κ2) is 9.79. The highest BCUT2D eigenvalue weighted by atomic mass is 31.2. The van der Waals surface area contributed by atoms with Crippen molar-refractivity contribution in [2.75, 3.05) is 19.9 Å². The number of nitrogens with one attached hydrogen (secondary N) is 1. The van der Waals surface area contributed by atoms with E-state index < -0.39 is 50.1 Å². The molecular formula is C19H32FN4O6P. The van der Waals surface area contributed by atoms with Crippen LogP contribution in [-0.4, -0.2) is 72.3 Å². The van der Waals surface area contributed by atoms with Gasteiger partial charge in [-0.15, -0.1) is 0 Å². The highest BCUT2D eigenvalue weighted by molar-refractivity contribution is 7.56. The highest BCUT2D eigenvalue weighted by Crippen LogP contribution is 2.46. The number of amidine groups is 1. The van der Waals surface area contributed by atoms with Gasteiger partial charge in [-0.3, -0.25) is 9.36 Å². The number of halogens is 1. The van der Waals surface area contributed by atoms with E-state index in [0.29, 0.717) is 0 Å². The maximum atomic E-state index is 15.3. The van der Waals surface area contributed by atoms with Crippen LogP contribution < -0.4 is 10.8 Å². The van der Waals surface area contributed by atoms with Gasteiger partial charge < -0.3 is 29.7 Å². The Labute approximate surface area is 181 Å². The number of hydrogen-bond acceptors (Lipinski definition) is 9. The average molecular weight is 462 g/mol. The third-order valence-corrected chi connectivity index (χ3v) is 6.60. The molecule has 1 fully saturated rings. The van der Waals surface area contributed by atoms with Crippen LogP contribution in [0.15, 0.2) is 29.7 Å². The molecule has 4 N–H and O–H groups in total. The number of carbonyl (C=O) groups excluding carboxylic acids is 1. The van der Waals surface area contributed by atoms with Crippen LogP contribution in [0.5, 0.6) is 0 Å². The number of aliphatic hydroxyl groups excluding tert-OH is 1. The van der Waals surface area contributed by atoms with E-state index in [1.807, 2.05) is 0 Å². The third kappa shape index (κ3) is 5.93. The normalized spacial score (nSPS) is 31.5. The van der Waals surface area contributed by atoms with Crippen LogP contribution in [0.25, 0.3) is 0 Å². The first-order valence-corrected chi connectivity index (χ1v) is 12.0. The molecule has 2 aliphatic heterocycles. The van der Waals surface area contributed by atoms with Crippen molar-refractivity contribution in [3.8, 4) is 0 Å². The molecule has 12 heteroatoms. The van der Waals surface area contributed by atoms with Crippen molar-refractivity contribution in [1.29, 1.82) is 0 Å². The summed E-state index contributed by atoms with van der Waals surface area (Å²) in [6.45, 7) is 10.7. The lowest BCUT2D eigenvalue weighted by Crippen LogP contribution is -2.44. The van der Waals surface area contributed by atoms with Crippen LogP contribution in [0, 0.1) is 5.41 Å². The summed E-state index contributed by atoms with van der Waals surface area (Å²) in [5.74, 6) is -0.158. The fourth-order valence-electron chi connectivity index (χ4n) is 3.23. The topological polar surface area (TPSA) is 136 Å². The number of rotatable bonds is 9. The van der Waals surface area contributed by atoms with E-state index in [-0.39, 0.29) is 24.4 Å². The molecule has 0 aliphatic carbocycles. The zero-order chi connectivity index (χ0) is 23.6. The lowest BCUT2D eigenvalue weighted by molar-refractivity contribution is -0.149. The quantitative estimate of drug-likeness (QED) is 0.344.